The minimum atomic E-state index is -3.95. The van der Waals surface area contributed by atoms with Crippen LogP contribution in [0.25, 0.3) is 0 Å². The number of benzene rings is 3. The van der Waals surface area contributed by atoms with Gasteiger partial charge in [0.1, 0.15) is 5.82 Å². The molecule has 9 heteroatoms. The molecule has 6 nitrogen and oxygen atoms in total. The van der Waals surface area contributed by atoms with Gasteiger partial charge in [0, 0.05) is 31.2 Å². The highest BCUT2D eigenvalue weighted by atomic mass is 35.5. The molecule has 0 bridgehead atoms. The largest absolute Gasteiger partial charge is 0.348 e. The maximum atomic E-state index is 14.4. The van der Waals surface area contributed by atoms with Crippen molar-refractivity contribution >= 4 is 33.4 Å². The Kier molecular flexibility index (Phi) is 7.50. The first kappa shape index (κ1) is 23.7. The fourth-order valence-electron chi connectivity index (χ4n) is 2.99. The van der Waals surface area contributed by atoms with Crippen LogP contribution >= 0.6 is 11.6 Å². The zero-order chi connectivity index (χ0) is 23.3. The number of carbonyl (C=O) groups excluding carboxylic acids is 1. The molecule has 0 unspecified atom stereocenters. The van der Waals surface area contributed by atoms with E-state index in [-0.39, 0.29) is 24.7 Å². The number of hydrogen-bond donors (Lipinski definition) is 1. The molecule has 0 radical (unpaired) electrons. The molecule has 3 rings (SSSR count). The number of rotatable bonds is 8. The zero-order valence-electron chi connectivity index (χ0n) is 17.6. The maximum Gasteiger partial charge on any atom is 0.303 e. The number of amides is 1. The highest BCUT2D eigenvalue weighted by molar-refractivity contribution is 7.90. The van der Waals surface area contributed by atoms with Crippen LogP contribution in [0.2, 0.25) is 5.02 Å². The van der Waals surface area contributed by atoms with E-state index in [0.29, 0.717) is 16.1 Å². The molecule has 0 saturated carbocycles. The van der Waals surface area contributed by atoms with Crippen molar-refractivity contribution in [1.82, 2.24) is 9.62 Å². The van der Waals surface area contributed by atoms with E-state index in [0.717, 1.165) is 14.2 Å². The summed E-state index contributed by atoms with van der Waals surface area (Å²) in [7, 11) is -1.18. The van der Waals surface area contributed by atoms with Crippen LogP contribution in [0.5, 0.6) is 0 Å². The van der Waals surface area contributed by atoms with Crippen molar-refractivity contribution in [2.24, 2.45) is 0 Å². The number of para-hydroxylation sites is 1. The fourth-order valence-corrected chi connectivity index (χ4v) is 4.29. The molecular formula is C23H23ClFN3O3S. The molecule has 0 aliphatic carbocycles. The maximum absolute atomic E-state index is 14.4. The number of halogens is 2. The van der Waals surface area contributed by atoms with Gasteiger partial charge in [0.25, 0.3) is 5.91 Å². The predicted octanol–water partition coefficient (Wildman–Crippen LogP) is 4.22. The van der Waals surface area contributed by atoms with Crippen molar-refractivity contribution in [3.8, 4) is 0 Å². The SMILES string of the molecule is CN(C)S(=O)(=O)N(Cc1ccc(C(=O)NCc2ccccc2Cl)cc1)c1ccccc1F. The molecule has 0 heterocycles. The van der Waals surface area contributed by atoms with Crippen molar-refractivity contribution in [3.63, 3.8) is 0 Å². The van der Waals surface area contributed by atoms with Gasteiger partial charge in [-0.25, -0.2) is 4.39 Å². The predicted molar refractivity (Wildman–Crippen MR) is 124 cm³/mol. The van der Waals surface area contributed by atoms with Crippen LogP contribution in [-0.2, 0) is 23.3 Å². The molecule has 0 fully saturated rings. The number of hydrogen-bond acceptors (Lipinski definition) is 3. The summed E-state index contributed by atoms with van der Waals surface area (Å²) in [5.41, 5.74) is 1.76. The summed E-state index contributed by atoms with van der Waals surface area (Å²) < 4.78 is 42.0. The van der Waals surface area contributed by atoms with Gasteiger partial charge in [0.15, 0.2) is 0 Å². The Morgan fingerprint density at radius 3 is 2.22 bits per heavy atom. The van der Waals surface area contributed by atoms with Gasteiger partial charge in [-0.05, 0) is 41.5 Å². The van der Waals surface area contributed by atoms with Crippen molar-refractivity contribution in [2.75, 3.05) is 18.4 Å². The summed E-state index contributed by atoms with van der Waals surface area (Å²) in [6, 6.07) is 19.4. The summed E-state index contributed by atoms with van der Waals surface area (Å²) in [5, 5.41) is 3.37. The quantitative estimate of drug-likeness (QED) is 0.530. The van der Waals surface area contributed by atoms with Crippen molar-refractivity contribution < 1.29 is 17.6 Å². The number of nitrogens with zero attached hydrogens (tertiary/aromatic N) is 2. The van der Waals surface area contributed by atoms with Gasteiger partial charge in [-0.2, -0.15) is 12.7 Å². The highest BCUT2D eigenvalue weighted by Gasteiger charge is 2.27. The average Bonchev–Trinajstić information content (AvgIpc) is 2.77. The van der Waals surface area contributed by atoms with Gasteiger partial charge in [0.2, 0.25) is 0 Å². The van der Waals surface area contributed by atoms with Crippen molar-refractivity contribution in [3.05, 3.63) is 100 Å². The van der Waals surface area contributed by atoms with Crippen LogP contribution in [0.1, 0.15) is 21.5 Å². The van der Waals surface area contributed by atoms with E-state index < -0.39 is 16.0 Å². The first-order chi connectivity index (χ1) is 15.2. The van der Waals surface area contributed by atoms with Crippen LogP contribution < -0.4 is 9.62 Å². The van der Waals surface area contributed by atoms with E-state index in [1.807, 2.05) is 18.2 Å². The molecule has 0 aliphatic rings. The molecule has 3 aromatic rings. The Morgan fingerprint density at radius 2 is 1.59 bits per heavy atom. The van der Waals surface area contributed by atoms with Gasteiger partial charge < -0.3 is 5.32 Å². The van der Waals surface area contributed by atoms with Crippen molar-refractivity contribution in [1.29, 1.82) is 0 Å². The monoisotopic (exact) mass is 475 g/mol. The number of nitrogens with one attached hydrogen (secondary N) is 1. The number of anilines is 1. The summed E-state index contributed by atoms with van der Waals surface area (Å²) in [6.07, 6.45) is 0. The van der Waals surface area contributed by atoms with Gasteiger partial charge >= 0.3 is 10.2 Å². The molecule has 1 N–H and O–H groups in total. The van der Waals surface area contributed by atoms with Gasteiger partial charge in [0.05, 0.1) is 12.2 Å². The molecule has 0 aromatic heterocycles. The normalized spacial score (nSPS) is 11.4. The van der Waals surface area contributed by atoms with E-state index in [9.17, 15) is 17.6 Å². The van der Waals surface area contributed by atoms with Gasteiger partial charge in [-0.15, -0.1) is 0 Å². The van der Waals surface area contributed by atoms with Gasteiger partial charge in [-0.1, -0.05) is 54.1 Å². The molecular weight excluding hydrogens is 453 g/mol. The van der Waals surface area contributed by atoms with Crippen LogP contribution in [0, 0.1) is 5.82 Å². The van der Waals surface area contributed by atoms with Crippen LogP contribution in [0.15, 0.2) is 72.8 Å². The van der Waals surface area contributed by atoms with Crippen LogP contribution in [0.4, 0.5) is 10.1 Å². The smallest absolute Gasteiger partial charge is 0.303 e. The molecule has 0 atom stereocenters. The van der Waals surface area contributed by atoms with E-state index >= 15 is 0 Å². The lowest BCUT2D eigenvalue weighted by molar-refractivity contribution is 0.0951. The van der Waals surface area contributed by atoms with E-state index in [1.54, 1.807) is 36.4 Å². The first-order valence-electron chi connectivity index (χ1n) is 9.75. The van der Waals surface area contributed by atoms with Gasteiger partial charge in [-0.3, -0.25) is 9.10 Å². The molecule has 0 aliphatic heterocycles. The van der Waals surface area contributed by atoms with Crippen LogP contribution in [0.3, 0.4) is 0 Å². The summed E-state index contributed by atoms with van der Waals surface area (Å²) in [5.74, 6) is -0.933. The molecule has 168 valence electrons. The Bertz CT molecular complexity index is 1200. The zero-order valence-corrected chi connectivity index (χ0v) is 19.2. The third-order valence-electron chi connectivity index (χ3n) is 4.80. The second kappa shape index (κ2) is 10.1. The molecule has 0 saturated heterocycles. The minimum Gasteiger partial charge on any atom is -0.348 e. The Labute approximate surface area is 192 Å². The first-order valence-corrected chi connectivity index (χ1v) is 11.5. The summed E-state index contributed by atoms with van der Waals surface area (Å²) in [4.78, 5) is 12.5. The fraction of sp³-hybridized carbons (Fsp3) is 0.174. The Morgan fingerprint density at radius 1 is 0.969 bits per heavy atom. The topological polar surface area (TPSA) is 69.7 Å². The Hall–Kier alpha value is -2.94. The lowest BCUT2D eigenvalue weighted by atomic mass is 10.1. The third kappa shape index (κ3) is 5.45. The summed E-state index contributed by atoms with van der Waals surface area (Å²) in [6.45, 7) is 0.186. The Balaban J connectivity index is 1.77. The van der Waals surface area contributed by atoms with Crippen molar-refractivity contribution in [2.45, 2.75) is 13.1 Å². The summed E-state index contributed by atoms with van der Waals surface area (Å²) >= 11 is 6.11. The lowest BCUT2D eigenvalue weighted by Crippen LogP contribution is -2.40. The van der Waals surface area contributed by atoms with E-state index in [2.05, 4.69) is 5.32 Å². The molecule has 0 spiro atoms. The molecule has 1 amide bonds. The number of carbonyl (C=O) groups is 1. The van der Waals surface area contributed by atoms with E-state index in [1.165, 1.54) is 32.3 Å². The lowest BCUT2D eigenvalue weighted by Gasteiger charge is -2.27. The average molecular weight is 476 g/mol. The highest BCUT2D eigenvalue weighted by Crippen LogP contribution is 2.25. The minimum absolute atomic E-state index is 0.0530. The second-order valence-corrected chi connectivity index (χ2v) is 9.69. The third-order valence-corrected chi connectivity index (χ3v) is 6.98. The van der Waals surface area contributed by atoms with Crippen LogP contribution in [-0.4, -0.2) is 32.7 Å². The second-order valence-electron chi connectivity index (χ2n) is 7.22. The van der Waals surface area contributed by atoms with E-state index in [4.69, 9.17) is 11.6 Å². The molecule has 3 aromatic carbocycles. The standard InChI is InChI=1S/C23H23ClFN3O3S/c1-27(2)32(30,31)28(22-10-6-5-9-21(22)25)16-17-11-13-18(14-12-17)23(29)26-15-19-7-3-4-8-20(19)24/h3-14H,15-16H2,1-2H3,(H,26,29). The molecule has 32 heavy (non-hydrogen) atoms.